The van der Waals surface area contributed by atoms with Gasteiger partial charge in [-0.05, 0) is 24.3 Å². The van der Waals surface area contributed by atoms with Crippen LogP contribution in [0.1, 0.15) is 6.42 Å². The van der Waals surface area contributed by atoms with Crippen LogP contribution >= 0.6 is 0 Å². The van der Waals surface area contributed by atoms with Gasteiger partial charge in [0, 0.05) is 12.1 Å². The van der Waals surface area contributed by atoms with Crippen LogP contribution in [0.4, 0.5) is 5.69 Å². The molecule has 3 N–H and O–H groups in total. The number of hydrogen-bond acceptors (Lipinski definition) is 6. The molecule has 17 heavy (non-hydrogen) atoms. The van der Waals surface area contributed by atoms with Crippen molar-refractivity contribution in [3.05, 3.63) is 24.3 Å². The van der Waals surface area contributed by atoms with E-state index in [4.69, 9.17) is 10.5 Å². The Bertz CT molecular complexity index is 442. The van der Waals surface area contributed by atoms with Crippen molar-refractivity contribution in [2.75, 3.05) is 18.6 Å². The molecule has 0 aliphatic carbocycles. The average molecular weight is 261 g/mol. The summed E-state index contributed by atoms with van der Waals surface area (Å²) in [6.45, 7) is 0.139. The zero-order valence-electron chi connectivity index (χ0n) is 9.37. The van der Waals surface area contributed by atoms with Crippen LogP contribution < -0.4 is 10.5 Å². The van der Waals surface area contributed by atoms with Crippen molar-refractivity contribution in [1.82, 2.24) is 0 Å². The van der Waals surface area contributed by atoms with E-state index in [1.54, 1.807) is 24.3 Å². The molecule has 0 amide bonds. The Hall–Kier alpha value is -1.31. The molecule has 1 rings (SSSR count). The number of ether oxygens (including phenoxy) is 1. The maximum absolute atomic E-state index is 10.7. The zero-order valence-corrected chi connectivity index (χ0v) is 10.2. The van der Waals surface area contributed by atoms with Crippen molar-refractivity contribution in [2.45, 2.75) is 12.7 Å². The smallest absolute Gasteiger partial charge is 0.266 e. The molecule has 0 aromatic heterocycles. The molecule has 0 fully saturated rings. The van der Waals surface area contributed by atoms with Gasteiger partial charge >= 0.3 is 0 Å². The Kier molecular flexibility index (Phi) is 4.73. The maximum Gasteiger partial charge on any atom is 0.266 e. The first-order valence-electron chi connectivity index (χ1n) is 4.91. The van der Waals surface area contributed by atoms with Crippen LogP contribution in [0.5, 0.6) is 5.75 Å². The van der Waals surface area contributed by atoms with Gasteiger partial charge in [0.2, 0.25) is 0 Å². The van der Waals surface area contributed by atoms with E-state index < -0.39 is 16.4 Å². The average Bonchev–Trinajstić information content (AvgIpc) is 2.18. The molecular weight excluding hydrogens is 246 g/mol. The summed E-state index contributed by atoms with van der Waals surface area (Å²) in [5, 5.41) is 9.21. The molecule has 6 nitrogen and oxygen atoms in total. The second-order valence-corrected chi connectivity index (χ2v) is 5.06. The van der Waals surface area contributed by atoms with Gasteiger partial charge in [-0.25, -0.2) is 4.18 Å². The lowest BCUT2D eigenvalue weighted by Gasteiger charge is -2.11. The van der Waals surface area contributed by atoms with E-state index in [2.05, 4.69) is 4.18 Å². The summed E-state index contributed by atoms with van der Waals surface area (Å²) in [5.74, 6) is 0.589. The summed E-state index contributed by atoms with van der Waals surface area (Å²) in [4.78, 5) is 0. The zero-order chi connectivity index (χ0) is 12.9. The number of aliphatic hydroxyl groups is 1. The quantitative estimate of drug-likeness (QED) is 0.435. The van der Waals surface area contributed by atoms with Crippen molar-refractivity contribution in [3.63, 3.8) is 0 Å². The van der Waals surface area contributed by atoms with E-state index in [1.807, 2.05) is 0 Å². The Morgan fingerprint density at radius 2 is 1.94 bits per heavy atom. The van der Waals surface area contributed by atoms with Gasteiger partial charge in [-0.15, -0.1) is 0 Å². The lowest BCUT2D eigenvalue weighted by atomic mass is 10.3. The molecule has 0 aliphatic heterocycles. The van der Waals surface area contributed by atoms with E-state index in [0.29, 0.717) is 11.4 Å². The topological polar surface area (TPSA) is 98.9 Å². The standard InChI is InChI=1S/C10H15NO5S/c1-17(13,14)16-10(12)6-7-15-9-4-2-8(11)3-5-9/h2-5,10,12H,6-7,11H2,1H3. The third-order valence-electron chi connectivity index (χ3n) is 1.80. The van der Waals surface area contributed by atoms with Crippen LogP contribution in [0.15, 0.2) is 24.3 Å². The summed E-state index contributed by atoms with van der Waals surface area (Å²) in [6, 6.07) is 6.72. The van der Waals surface area contributed by atoms with E-state index in [9.17, 15) is 13.5 Å². The first kappa shape index (κ1) is 13.8. The van der Waals surface area contributed by atoms with Gasteiger partial charge in [0.15, 0.2) is 6.29 Å². The number of hydrogen-bond donors (Lipinski definition) is 2. The molecule has 0 aliphatic rings. The number of nitrogens with two attached hydrogens (primary N) is 1. The number of anilines is 1. The first-order chi connectivity index (χ1) is 7.87. The van der Waals surface area contributed by atoms with Gasteiger partial charge in [0.25, 0.3) is 10.1 Å². The first-order valence-corrected chi connectivity index (χ1v) is 6.73. The summed E-state index contributed by atoms with van der Waals surface area (Å²) >= 11 is 0. The molecule has 0 spiro atoms. The van der Waals surface area contributed by atoms with Gasteiger partial charge < -0.3 is 15.6 Å². The SMILES string of the molecule is CS(=O)(=O)OC(O)CCOc1ccc(N)cc1. The number of aliphatic hydroxyl groups excluding tert-OH is 1. The Morgan fingerprint density at radius 3 is 2.47 bits per heavy atom. The molecule has 1 aromatic carbocycles. The minimum Gasteiger partial charge on any atom is -0.493 e. The van der Waals surface area contributed by atoms with E-state index in [-0.39, 0.29) is 13.0 Å². The summed E-state index contributed by atoms with van der Waals surface area (Å²) in [6.07, 6.45) is -0.465. The van der Waals surface area contributed by atoms with Crippen LogP contribution in [0.2, 0.25) is 0 Å². The van der Waals surface area contributed by atoms with E-state index in [1.165, 1.54) is 0 Å². The molecule has 0 heterocycles. The largest absolute Gasteiger partial charge is 0.493 e. The minimum absolute atomic E-state index is 0.0530. The lowest BCUT2D eigenvalue weighted by Crippen LogP contribution is -2.19. The molecule has 0 radical (unpaired) electrons. The van der Waals surface area contributed by atoms with Crippen molar-refractivity contribution in [1.29, 1.82) is 0 Å². The van der Waals surface area contributed by atoms with Gasteiger partial charge in [0.05, 0.1) is 12.9 Å². The molecule has 0 bridgehead atoms. The van der Waals surface area contributed by atoms with E-state index >= 15 is 0 Å². The molecule has 96 valence electrons. The van der Waals surface area contributed by atoms with Crippen LogP contribution in [-0.2, 0) is 14.3 Å². The third-order valence-corrected chi connectivity index (χ3v) is 2.37. The fourth-order valence-corrected chi connectivity index (χ4v) is 1.59. The van der Waals surface area contributed by atoms with Crippen molar-refractivity contribution < 1.29 is 22.4 Å². The second-order valence-electron chi connectivity index (χ2n) is 3.46. The number of rotatable bonds is 6. The second kappa shape index (κ2) is 5.85. The minimum atomic E-state index is -3.65. The predicted molar refractivity (Wildman–Crippen MR) is 62.9 cm³/mol. The highest BCUT2D eigenvalue weighted by Crippen LogP contribution is 2.13. The highest BCUT2D eigenvalue weighted by Gasteiger charge is 2.11. The van der Waals surface area contributed by atoms with Crippen molar-refractivity contribution in [3.8, 4) is 5.75 Å². The maximum atomic E-state index is 10.7. The fraction of sp³-hybridized carbons (Fsp3) is 0.400. The van der Waals surface area contributed by atoms with Crippen molar-refractivity contribution >= 4 is 15.8 Å². The molecule has 1 atom stereocenters. The lowest BCUT2D eigenvalue weighted by molar-refractivity contribution is -0.0249. The fourth-order valence-electron chi connectivity index (χ4n) is 1.09. The molecular formula is C10H15NO5S. The van der Waals surface area contributed by atoms with E-state index in [0.717, 1.165) is 6.26 Å². The van der Waals surface area contributed by atoms with Crippen LogP contribution in [0, 0.1) is 0 Å². The predicted octanol–water partition coefficient (Wildman–Crippen LogP) is 0.332. The highest BCUT2D eigenvalue weighted by molar-refractivity contribution is 7.86. The Labute approximate surface area is 100 Å². The molecule has 1 unspecified atom stereocenters. The monoisotopic (exact) mass is 261 g/mol. The molecule has 7 heteroatoms. The summed E-state index contributed by atoms with van der Waals surface area (Å²) in [7, 11) is -3.65. The van der Waals surface area contributed by atoms with Crippen molar-refractivity contribution in [2.24, 2.45) is 0 Å². The van der Waals surface area contributed by atoms with Crippen LogP contribution in [0.25, 0.3) is 0 Å². The van der Waals surface area contributed by atoms with Crippen LogP contribution in [0.3, 0.4) is 0 Å². The normalized spacial score (nSPS) is 13.3. The summed E-state index contributed by atoms with van der Waals surface area (Å²) in [5.41, 5.74) is 6.11. The van der Waals surface area contributed by atoms with Gasteiger partial charge in [-0.2, -0.15) is 8.42 Å². The highest BCUT2D eigenvalue weighted by atomic mass is 32.2. The molecule has 0 saturated heterocycles. The van der Waals surface area contributed by atoms with Crippen LogP contribution in [-0.4, -0.2) is 32.7 Å². The van der Waals surface area contributed by atoms with Gasteiger partial charge in [-0.1, -0.05) is 0 Å². The number of nitrogen functional groups attached to an aromatic ring is 1. The molecule has 0 saturated carbocycles. The van der Waals surface area contributed by atoms with Gasteiger partial charge in [0.1, 0.15) is 5.75 Å². The Morgan fingerprint density at radius 1 is 1.35 bits per heavy atom. The Balaban J connectivity index is 2.30. The number of benzene rings is 1. The molecule has 1 aromatic rings. The summed E-state index contributed by atoms with van der Waals surface area (Å²) < 4.78 is 30.9. The third kappa shape index (κ3) is 6.10. The van der Waals surface area contributed by atoms with Gasteiger partial charge in [-0.3, -0.25) is 0 Å².